The molecule has 1 fully saturated rings. The molecule has 0 aliphatic carbocycles. The van der Waals surface area contributed by atoms with E-state index < -0.39 is 12.1 Å². The molecule has 1 aromatic heterocycles. The standard InChI is InChI=1S/C28H30N2O4/c1-29-25-7-4-8-27(24(25)16-26(29)28(32)33)34-18-23(31)17-30-13-11-20(12-14-30)22-10-9-19-5-2-3-6-21(19)15-22/h2-10,15-16,20,23,31H,11-14,17-18H2,1H3,(H,32,33)/t23-/m0/s1. The lowest BCUT2D eigenvalue weighted by Crippen LogP contribution is -2.40. The lowest BCUT2D eigenvalue weighted by molar-refractivity contribution is 0.0599. The molecule has 0 saturated carbocycles. The smallest absolute Gasteiger partial charge is 0.352 e. The number of benzene rings is 3. The number of aryl methyl sites for hydroxylation is 1. The fourth-order valence-corrected chi connectivity index (χ4v) is 5.11. The highest BCUT2D eigenvalue weighted by Crippen LogP contribution is 2.31. The van der Waals surface area contributed by atoms with Crippen LogP contribution in [0.2, 0.25) is 0 Å². The first kappa shape index (κ1) is 22.4. The van der Waals surface area contributed by atoms with Crippen LogP contribution in [-0.2, 0) is 7.05 Å². The highest BCUT2D eigenvalue weighted by molar-refractivity contribution is 5.97. The Morgan fingerprint density at radius 2 is 1.79 bits per heavy atom. The zero-order valence-corrected chi connectivity index (χ0v) is 19.4. The molecule has 3 aromatic carbocycles. The third kappa shape index (κ3) is 4.52. The highest BCUT2D eigenvalue weighted by atomic mass is 16.5. The quantitative estimate of drug-likeness (QED) is 0.422. The van der Waals surface area contributed by atoms with Crippen molar-refractivity contribution in [3.8, 4) is 5.75 Å². The minimum Gasteiger partial charge on any atom is -0.490 e. The summed E-state index contributed by atoms with van der Waals surface area (Å²) in [5, 5.41) is 23.3. The summed E-state index contributed by atoms with van der Waals surface area (Å²) < 4.78 is 7.56. The van der Waals surface area contributed by atoms with Crippen molar-refractivity contribution in [2.45, 2.75) is 24.9 Å². The van der Waals surface area contributed by atoms with Gasteiger partial charge in [-0.3, -0.25) is 0 Å². The van der Waals surface area contributed by atoms with E-state index in [9.17, 15) is 15.0 Å². The number of aliphatic hydroxyl groups is 1. The van der Waals surface area contributed by atoms with Crippen LogP contribution < -0.4 is 4.74 Å². The van der Waals surface area contributed by atoms with Crippen molar-refractivity contribution in [3.63, 3.8) is 0 Å². The van der Waals surface area contributed by atoms with Crippen LogP contribution in [0.1, 0.15) is 34.8 Å². The number of aromatic carboxylic acids is 1. The van der Waals surface area contributed by atoms with Gasteiger partial charge in [-0.2, -0.15) is 0 Å². The number of likely N-dealkylation sites (tertiary alicyclic amines) is 1. The first-order chi connectivity index (χ1) is 16.5. The molecule has 1 saturated heterocycles. The number of rotatable bonds is 7. The normalized spacial score (nSPS) is 16.2. The molecule has 0 spiro atoms. The molecule has 0 unspecified atom stereocenters. The van der Waals surface area contributed by atoms with Crippen LogP contribution in [-0.4, -0.2) is 58.0 Å². The Bertz CT molecular complexity index is 1320. The van der Waals surface area contributed by atoms with Gasteiger partial charge in [0.25, 0.3) is 0 Å². The second-order valence-corrected chi connectivity index (χ2v) is 9.23. The van der Waals surface area contributed by atoms with Gasteiger partial charge >= 0.3 is 5.97 Å². The van der Waals surface area contributed by atoms with Gasteiger partial charge in [0.15, 0.2) is 0 Å². The molecule has 5 rings (SSSR count). The number of hydrogen-bond acceptors (Lipinski definition) is 4. The van der Waals surface area contributed by atoms with Gasteiger partial charge in [-0.25, -0.2) is 4.79 Å². The summed E-state index contributed by atoms with van der Waals surface area (Å²) in [5.74, 6) is 0.166. The molecule has 0 radical (unpaired) electrons. The van der Waals surface area contributed by atoms with E-state index in [1.54, 1.807) is 17.7 Å². The average molecular weight is 459 g/mol. The van der Waals surface area contributed by atoms with Crippen LogP contribution in [0.25, 0.3) is 21.7 Å². The second-order valence-electron chi connectivity index (χ2n) is 9.23. The number of piperidine rings is 1. The van der Waals surface area contributed by atoms with E-state index in [1.165, 1.54) is 16.3 Å². The van der Waals surface area contributed by atoms with Crippen LogP contribution in [0.4, 0.5) is 0 Å². The van der Waals surface area contributed by atoms with Gasteiger partial charge in [-0.15, -0.1) is 0 Å². The largest absolute Gasteiger partial charge is 0.490 e. The second kappa shape index (κ2) is 9.49. The molecular weight excluding hydrogens is 428 g/mol. The number of aliphatic hydroxyl groups excluding tert-OH is 1. The summed E-state index contributed by atoms with van der Waals surface area (Å²) >= 11 is 0. The van der Waals surface area contributed by atoms with Crippen LogP contribution in [0.15, 0.2) is 66.7 Å². The number of hydrogen-bond donors (Lipinski definition) is 2. The molecule has 0 bridgehead atoms. The molecule has 1 aliphatic rings. The summed E-state index contributed by atoms with van der Waals surface area (Å²) in [4.78, 5) is 13.8. The molecule has 176 valence electrons. The van der Waals surface area contributed by atoms with Crippen molar-refractivity contribution in [3.05, 3.63) is 78.0 Å². The number of carbonyl (C=O) groups is 1. The zero-order valence-electron chi connectivity index (χ0n) is 19.4. The zero-order chi connectivity index (χ0) is 23.7. The van der Waals surface area contributed by atoms with E-state index in [0.717, 1.165) is 36.8 Å². The molecule has 0 amide bonds. The van der Waals surface area contributed by atoms with Gasteiger partial charge < -0.3 is 24.4 Å². The maximum absolute atomic E-state index is 11.5. The van der Waals surface area contributed by atoms with Gasteiger partial charge in [0.05, 0.1) is 5.52 Å². The molecule has 4 aromatic rings. The van der Waals surface area contributed by atoms with E-state index >= 15 is 0 Å². The Labute approximate surface area is 199 Å². The summed E-state index contributed by atoms with van der Waals surface area (Å²) in [5.41, 5.74) is 2.40. The molecule has 1 atom stereocenters. The molecular formula is C28H30N2O4. The molecule has 2 N–H and O–H groups in total. The summed E-state index contributed by atoms with van der Waals surface area (Å²) in [6.45, 7) is 2.63. The molecule has 6 heteroatoms. The van der Waals surface area contributed by atoms with Gasteiger partial charge in [0.1, 0.15) is 24.2 Å². The summed E-state index contributed by atoms with van der Waals surface area (Å²) in [7, 11) is 1.73. The van der Waals surface area contributed by atoms with E-state index in [1.807, 2.05) is 18.2 Å². The van der Waals surface area contributed by atoms with Crippen molar-refractivity contribution in [2.24, 2.45) is 7.05 Å². The van der Waals surface area contributed by atoms with E-state index in [2.05, 4.69) is 47.4 Å². The third-order valence-corrected chi connectivity index (χ3v) is 7.00. The Balaban J connectivity index is 1.16. The van der Waals surface area contributed by atoms with Gasteiger partial charge in [0, 0.05) is 19.0 Å². The van der Waals surface area contributed by atoms with Gasteiger partial charge in [-0.1, -0.05) is 48.5 Å². The monoisotopic (exact) mass is 458 g/mol. The first-order valence-electron chi connectivity index (χ1n) is 11.8. The Hall–Kier alpha value is -3.35. The van der Waals surface area contributed by atoms with E-state index in [-0.39, 0.29) is 12.3 Å². The van der Waals surface area contributed by atoms with Crippen molar-refractivity contribution in [1.82, 2.24) is 9.47 Å². The number of ether oxygens (including phenoxy) is 1. The number of aromatic nitrogens is 1. The number of β-amino-alcohol motifs (C(OH)–C–C–N with tert-alkyl or cyclic N) is 1. The summed E-state index contributed by atoms with van der Waals surface area (Å²) in [6, 6.07) is 22.4. The summed E-state index contributed by atoms with van der Waals surface area (Å²) in [6.07, 6.45) is 1.54. The molecule has 2 heterocycles. The minimum atomic E-state index is -0.975. The fraction of sp³-hybridized carbons (Fsp3) is 0.321. The van der Waals surface area contributed by atoms with Crippen LogP contribution in [0, 0.1) is 0 Å². The maximum Gasteiger partial charge on any atom is 0.352 e. The molecule has 34 heavy (non-hydrogen) atoms. The van der Waals surface area contributed by atoms with E-state index in [4.69, 9.17) is 4.74 Å². The third-order valence-electron chi connectivity index (χ3n) is 7.00. The van der Waals surface area contributed by atoms with Crippen LogP contribution in [0.3, 0.4) is 0 Å². The number of carboxylic acid groups (broad SMARTS) is 1. The maximum atomic E-state index is 11.5. The van der Waals surface area contributed by atoms with Crippen molar-refractivity contribution in [2.75, 3.05) is 26.2 Å². The van der Waals surface area contributed by atoms with Crippen molar-refractivity contribution >= 4 is 27.6 Å². The Morgan fingerprint density at radius 1 is 1.03 bits per heavy atom. The van der Waals surface area contributed by atoms with E-state index in [0.29, 0.717) is 18.2 Å². The Kier molecular flexibility index (Phi) is 6.26. The van der Waals surface area contributed by atoms with Gasteiger partial charge in [-0.05, 0) is 66.4 Å². The number of nitrogens with zero attached hydrogens (tertiary/aromatic N) is 2. The highest BCUT2D eigenvalue weighted by Gasteiger charge is 2.23. The lowest BCUT2D eigenvalue weighted by atomic mass is 9.88. The average Bonchev–Trinajstić information content (AvgIpc) is 3.20. The van der Waals surface area contributed by atoms with Crippen molar-refractivity contribution < 1.29 is 19.7 Å². The fourth-order valence-electron chi connectivity index (χ4n) is 5.11. The Morgan fingerprint density at radius 3 is 2.56 bits per heavy atom. The number of carboxylic acids is 1. The SMILES string of the molecule is Cn1c(C(=O)O)cc2c(OC[C@@H](O)CN3CCC(c4ccc5ccccc5c4)CC3)cccc21. The predicted octanol–water partition coefficient (Wildman–Crippen LogP) is 4.65. The predicted molar refractivity (Wildman–Crippen MR) is 134 cm³/mol. The topological polar surface area (TPSA) is 74.9 Å². The minimum absolute atomic E-state index is 0.168. The lowest BCUT2D eigenvalue weighted by Gasteiger charge is -2.33. The first-order valence-corrected chi connectivity index (χ1v) is 11.8. The molecule has 6 nitrogen and oxygen atoms in total. The molecule has 1 aliphatic heterocycles. The van der Waals surface area contributed by atoms with Crippen molar-refractivity contribution in [1.29, 1.82) is 0 Å². The van der Waals surface area contributed by atoms with Crippen LogP contribution >= 0.6 is 0 Å². The van der Waals surface area contributed by atoms with Crippen LogP contribution in [0.5, 0.6) is 5.75 Å². The number of fused-ring (bicyclic) bond motifs is 2. The van der Waals surface area contributed by atoms with Gasteiger partial charge in [0.2, 0.25) is 0 Å².